The number of carboxylic acids is 1. The van der Waals surface area contributed by atoms with Crippen LogP contribution in [-0.4, -0.2) is 45.7 Å². The van der Waals surface area contributed by atoms with Crippen molar-refractivity contribution in [1.29, 1.82) is 0 Å². The van der Waals surface area contributed by atoms with Gasteiger partial charge in [0.05, 0.1) is 31.5 Å². The number of aromatic nitrogens is 2. The van der Waals surface area contributed by atoms with Crippen LogP contribution in [0.5, 0.6) is 0 Å². The molecule has 3 heterocycles. The second-order valence-electron chi connectivity index (χ2n) is 8.13. The molecule has 164 valence electrons. The Morgan fingerprint density at radius 1 is 1.35 bits per heavy atom. The number of hydrogen-bond acceptors (Lipinski definition) is 5. The minimum absolute atomic E-state index is 0.0260. The van der Waals surface area contributed by atoms with Gasteiger partial charge in [-0.1, -0.05) is 12.1 Å². The number of hydrogen-bond donors (Lipinski definition) is 1. The molecule has 2 aromatic heterocycles. The lowest BCUT2D eigenvalue weighted by Crippen LogP contribution is -2.24. The lowest BCUT2D eigenvalue weighted by Gasteiger charge is -2.17. The highest BCUT2D eigenvalue weighted by Crippen LogP contribution is 2.29. The van der Waals surface area contributed by atoms with E-state index < -0.39 is 11.8 Å². The Hall–Kier alpha value is -2.81. The topological polar surface area (TPSA) is 82.8 Å². The first-order chi connectivity index (χ1) is 14.7. The van der Waals surface area contributed by atoms with Crippen molar-refractivity contribution in [2.45, 2.75) is 45.8 Å². The zero-order valence-electron chi connectivity index (χ0n) is 17.7. The number of halogens is 1. The van der Waals surface area contributed by atoms with Crippen molar-refractivity contribution in [2.75, 3.05) is 13.2 Å². The Balaban J connectivity index is 1.62. The van der Waals surface area contributed by atoms with Crippen molar-refractivity contribution in [3.63, 3.8) is 0 Å². The van der Waals surface area contributed by atoms with Gasteiger partial charge in [-0.05, 0) is 44.5 Å². The van der Waals surface area contributed by atoms with Gasteiger partial charge in [0.1, 0.15) is 17.6 Å². The molecule has 1 aliphatic rings. The average Bonchev–Trinajstić information content (AvgIpc) is 3.20. The summed E-state index contributed by atoms with van der Waals surface area (Å²) in [5.41, 5.74) is 3.52. The van der Waals surface area contributed by atoms with E-state index in [0.717, 1.165) is 27.7 Å². The van der Waals surface area contributed by atoms with E-state index in [1.54, 1.807) is 24.4 Å². The Kier molecular flexibility index (Phi) is 5.79. The van der Waals surface area contributed by atoms with Crippen LogP contribution in [0.3, 0.4) is 0 Å². The number of benzene rings is 1. The largest absolute Gasteiger partial charge is 0.477 e. The minimum atomic E-state index is -1.09. The molecule has 0 unspecified atom stereocenters. The molecule has 0 aliphatic carbocycles. The maximum atomic E-state index is 13.3. The van der Waals surface area contributed by atoms with Crippen molar-refractivity contribution in [3.8, 4) is 0 Å². The maximum Gasteiger partial charge on any atom is 0.354 e. The lowest BCUT2D eigenvalue weighted by molar-refractivity contribution is -0.145. The molecule has 0 radical (unpaired) electrons. The summed E-state index contributed by atoms with van der Waals surface area (Å²) in [6.45, 7) is 7.31. The number of carbonyl (C=O) groups is 1. The fraction of sp³-hybridized carbons (Fsp3) is 0.391. The van der Waals surface area contributed by atoms with Gasteiger partial charge >= 0.3 is 5.97 Å². The van der Waals surface area contributed by atoms with Gasteiger partial charge in [-0.3, -0.25) is 0 Å². The highest BCUT2D eigenvalue weighted by atomic mass is 19.1. The first-order valence-corrected chi connectivity index (χ1v) is 10.1. The van der Waals surface area contributed by atoms with Crippen LogP contribution >= 0.6 is 0 Å². The predicted octanol–water partition coefficient (Wildman–Crippen LogP) is 3.90. The van der Waals surface area contributed by atoms with E-state index >= 15 is 0 Å². The highest BCUT2D eigenvalue weighted by Gasteiger charge is 2.32. The van der Waals surface area contributed by atoms with Gasteiger partial charge in [-0.2, -0.15) is 0 Å². The minimum Gasteiger partial charge on any atom is -0.477 e. The van der Waals surface area contributed by atoms with E-state index in [1.165, 1.54) is 12.1 Å². The number of nitrogens with zero attached hydrogens (tertiary/aromatic N) is 2. The average molecular weight is 428 g/mol. The van der Waals surface area contributed by atoms with Gasteiger partial charge in [0.15, 0.2) is 5.79 Å². The van der Waals surface area contributed by atoms with Gasteiger partial charge in [0, 0.05) is 23.2 Å². The number of ether oxygens (including phenoxy) is 3. The van der Waals surface area contributed by atoms with Crippen molar-refractivity contribution < 1.29 is 28.5 Å². The van der Waals surface area contributed by atoms with Gasteiger partial charge in [0.25, 0.3) is 0 Å². The Labute approximate surface area is 179 Å². The zero-order chi connectivity index (χ0) is 22.2. The normalized spacial score (nSPS) is 18.0. The number of fused-ring (bicyclic) bond motifs is 1. The van der Waals surface area contributed by atoms with Crippen molar-refractivity contribution >= 4 is 16.9 Å². The number of aromatic carboxylic acids is 1. The molecule has 1 atom stereocenters. The van der Waals surface area contributed by atoms with Crippen molar-refractivity contribution in [2.24, 2.45) is 0 Å². The first-order valence-electron chi connectivity index (χ1n) is 10.1. The van der Waals surface area contributed by atoms with E-state index in [9.17, 15) is 14.3 Å². The van der Waals surface area contributed by atoms with Gasteiger partial charge in [-0.25, -0.2) is 14.2 Å². The molecule has 1 aromatic carbocycles. The van der Waals surface area contributed by atoms with E-state index in [2.05, 4.69) is 4.98 Å². The summed E-state index contributed by atoms with van der Waals surface area (Å²) in [5.74, 6) is -1.99. The third-order valence-electron chi connectivity index (χ3n) is 5.43. The summed E-state index contributed by atoms with van der Waals surface area (Å²) in [6.07, 6.45) is 1.41. The predicted molar refractivity (Wildman–Crippen MR) is 111 cm³/mol. The Morgan fingerprint density at radius 3 is 2.74 bits per heavy atom. The molecule has 0 amide bonds. The highest BCUT2D eigenvalue weighted by molar-refractivity contribution is 5.93. The monoisotopic (exact) mass is 428 g/mol. The molecule has 1 fully saturated rings. The zero-order valence-corrected chi connectivity index (χ0v) is 17.7. The number of carboxylic acid groups (broad SMARTS) is 1. The van der Waals surface area contributed by atoms with Crippen LogP contribution in [0.25, 0.3) is 10.9 Å². The maximum absolute atomic E-state index is 13.3. The number of rotatable bonds is 7. The molecule has 0 spiro atoms. The molecule has 0 bridgehead atoms. The summed E-state index contributed by atoms with van der Waals surface area (Å²) >= 11 is 0. The second-order valence-corrected chi connectivity index (χ2v) is 8.13. The molecule has 31 heavy (non-hydrogen) atoms. The molecule has 7 nitrogen and oxygen atoms in total. The van der Waals surface area contributed by atoms with Crippen molar-refractivity contribution in [1.82, 2.24) is 9.55 Å². The molecule has 1 N–H and O–H groups in total. The van der Waals surface area contributed by atoms with Crippen LogP contribution in [0.4, 0.5) is 4.39 Å². The fourth-order valence-corrected chi connectivity index (χ4v) is 3.86. The lowest BCUT2D eigenvalue weighted by atomic mass is 10.1. The third kappa shape index (κ3) is 4.61. The quantitative estimate of drug-likeness (QED) is 0.615. The van der Waals surface area contributed by atoms with Crippen LogP contribution in [0.1, 0.15) is 41.2 Å². The molecular formula is C23H25FN2O5. The summed E-state index contributed by atoms with van der Waals surface area (Å²) in [6, 6.07) is 7.88. The smallest absolute Gasteiger partial charge is 0.354 e. The summed E-state index contributed by atoms with van der Waals surface area (Å²) in [5, 5.41) is 10.1. The van der Waals surface area contributed by atoms with E-state index in [-0.39, 0.29) is 17.6 Å². The van der Waals surface area contributed by atoms with E-state index in [0.29, 0.717) is 26.4 Å². The first kappa shape index (κ1) is 21.4. The molecule has 8 heteroatoms. The standard InChI is InChI=1S/C23H25FN2O5/c1-14-19(13-29-11-17-12-30-23(2,3)31-17)18-8-20(22(27)28)25-9-21(18)26(14)10-15-4-6-16(24)7-5-15/h4-9,17H,10-13H2,1-3H3,(H,27,28)/t17-/m1/s1. The molecule has 0 saturated carbocycles. The summed E-state index contributed by atoms with van der Waals surface area (Å²) in [7, 11) is 0. The van der Waals surface area contributed by atoms with Crippen molar-refractivity contribution in [3.05, 3.63) is 64.9 Å². The van der Waals surface area contributed by atoms with Crippen LogP contribution in [-0.2, 0) is 27.4 Å². The Bertz CT molecular complexity index is 1110. The summed E-state index contributed by atoms with van der Waals surface area (Å²) in [4.78, 5) is 15.5. The van der Waals surface area contributed by atoms with Crippen LogP contribution < -0.4 is 0 Å². The Morgan fingerprint density at radius 2 is 2.10 bits per heavy atom. The van der Waals surface area contributed by atoms with E-state index in [1.807, 2.05) is 25.3 Å². The van der Waals surface area contributed by atoms with Crippen LogP contribution in [0, 0.1) is 12.7 Å². The third-order valence-corrected chi connectivity index (χ3v) is 5.43. The van der Waals surface area contributed by atoms with Gasteiger partial charge in [0.2, 0.25) is 0 Å². The SMILES string of the molecule is Cc1c(COC[C@@H]2COC(C)(C)O2)c2cc(C(=O)O)ncc2n1Cc1ccc(F)cc1. The fourth-order valence-electron chi connectivity index (χ4n) is 3.86. The second kappa shape index (κ2) is 8.37. The van der Waals surface area contributed by atoms with E-state index in [4.69, 9.17) is 14.2 Å². The molecule has 1 aliphatic heterocycles. The van der Waals surface area contributed by atoms with Crippen LogP contribution in [0.15, 0.2) is 36.5 Å². The molecule has 1 saturated heterocycles. The molecule has 4 rings (SSSR count). The van der Waals surface area contributed by atoms with Gasteiger partial charge in [-0.15, -0.1) is 0 Å². The van der Waals surface area contributed by atoms with Gasteiger partial charge < -0.3 is 23.9 Å². The number of pyridine rings is 1. The molecule has 3 aromatic rings. The summed E-state index contributed by atoms with van der Waals surface area (Å²) < 4.78 is 32.6. The molecular weight excluding hydrogens is 403 g/mol. The van der Waals surface area contributed by atoms with Crippen LogP contribution in [0.2, 0.25) is 0 Å².